The Bertz CT molecular complexity index is 2350. The van der Waals surface area contributed by atoms with Crippen molar-refractivity contribution < 1.29 is 38.7 Å². The Labute approximate surface area is 324 Å². The zero-order valence-corrected chi connectivity index (χ0v) is 30.8. The van der Waals surface area contributed by atoms with E-state index in [0.717, 1.165) is 9.91 Å². The van der Waals surface area contributed by atoms with Gasteiger partial charge in [-0.3, -0.25) is 34.7 Å². The number of methoxy groups -OCH3 is 2. The molecule has 0 aromatic heterocycles. The fourth-order valence-corrected chi connectivity index (χ4v) is 9.58. The number of nitro benzene ring substituents is 1. The van der Waals surface area contributed by atoms with Crippen LogP contribution < -0.4 is 19.8 Å². The number of aromatic hydroxyl groups is 1. The summed E-state index contributed by atoms with van der Waals surface area (Å²) in [6.07, 6.45) is 1.91. The number of amides is 4. The number of phenolic OH excluding ortho intramolecular Hbond substituents is 1. The third kappa shape index (κ3) is 5.35. The van der Waals surface area contributed by atoms with Crippen molar-refractivity contribution in [3.63, 3.8) is 0 Å². The quantitative estimate of drug-likeness (QED) is 0.0838. The minimum absolute atomic E-state index is 0.0286. The van der Waals surface area contributed by atoms with Gasteiger partial charge in [0.2, 0.25) is 11.8 Å². The Morgan fingerprint density at radius 2 is 1.64 bits per heavy atom. The van der Waals surface area contributed by atoms with Crippen molar-refractivity contribution in [2.75, 3.05) is 24.5 Å². The molecule has 6 unspecified atom stereocenters. The second-order valence-corrected chi connectivity index (χ2v) is 14.7. The van der Waals surface area contributed by atoms with Crippen LogP contribution in [0.2, 0.25) is 10.0 Å². The average molecular weight is 784 g/mol. The predicted octanol–water partition coefficient (Wildman–Crippen LogP) is 6.81. The summed E-state index contributed by atoms with van der Waals surface area (Å²) in [7, 11) is 2.90. The fraction of sp³-hybridized carbons (Fsp3) is 0.250. The molecule has 2 heterocycles. The SMILES string of the molecule is COc1ccc(C23C(=O)N(Nc4ccc(Cl)cc4Cl)C(=O)C2CC2C(=CCC4C(=O)N(c5cccc([N+](=O)[O-])c5)C(=O)C42)C3c2cccc(OC)c2O)cc1. The normalized spacial score (nSPS) is 25.6. The molecular formula is C40H32Cl2N4O9. The topological polar surface area (TPSA) is 169 Å². The second kappa shape index (κ2) is 13.4. The second-order valence-electron chi connectivity index (χ2n) is 13.9. The van der Waals surface area contributed by atoms with Gasteiger partial charge in [0.25, 0.3) is 17.5 Å². The van der Waals surface area contributed by atoms with Gasteiger partial charge >= 0.3 is 0 Å². The summed E-state index contributed by atoms with van der Waals surface area (Å²) in [6.45, 7) is 0. The number of hydrogen-bond donors (Lipinski definition) is 2. The van der Waals surface area contributed by atoms with Gasteiger partial charge in [0.1, 0.15) is 5.75 Å². The zero-order valence-electron chi connectivity index (χ0n) is 29.3. The van der Waals surface area contributed by atoms with E-state index in [2.05, 4.69) is 5.43 Å². The Kier molecular flexibility index (Phi) is 8.81. The fourth-order valence-electron chi connectivity index (χ4n) is 9.13. The van der Waals surface area contributed by atoms with Crippen LogP contribution in [0, 0.1) is 33.8 Å². The Morgan fingerprint density at radius 3 is 2.33 bits per heavy atom. The molecule has 280 valence electrons. The van der Waals surface area contributed by atoms with Gasteiger partial charge in [-0.05, 0) is 66.8 Å². The molecule has 4 amide bonds. The molecule has 4 aromatic carbocycles. The summed E-state index contributed by atoms with van der Waals surface area (Å²) in [4.78, 5) is 71.0. The van der Waals surface area contributed by atoms with Crippen LogP contribution >= 0.6 is 23.2 Å². The number of carbonyl (C=O) groups excluding carboxylic acids is 4. The van der Waals surface area contributed by atoms with E-state index in [4.69, 9.17) is 32.7 Å². The average Bonchev–Trinajstić information content (AvgIpc) is 3.56. The number of anilines is 2. The van der Waals surface area contributed by atoms with Crippen LogP contribution in [0.15, 0.2) is 96.6 Å². The first-order chi connectivity index (χ1) is 26.4. The maximum atomic E-state index is 15.4. The minimum Gasteiger partial charge on any atom is -0.504 e. The van der Waals surface area contributed by atoms with Crippen molar-refractivity contribution in [2.24, 2.45) is 23.7 Å². The van der Waals surface area contributed by atoms with Gasteiger partial charge in [-0.2, -0.15) is 5.01 Å². The van der Waals surface area contributed by atoms with Crippen LogP contribution in [0.1, 0.15) is 29.9 Å². The molecule has 4 aliphatic rings. The molecule has 1 saturated carbocycles. The molecular weight excluding hydrogens is 751 g/mol. The molecule has 2 aliphatic heterocycles. The lowest BCUT2D eigenvalue weighted by Crippen LogP contribution is -2.53. The molecule has 15 heteroatoms. The number of rotatable bonds is 8. The summed E-state index contributed by atoms with van der Waals surface area (Å²) in [5, 5.41) is 24.9. The summed E-state index contributed by atoms with van der Waals surface area (Å²) in [6, 6.07) is 21.5. The number of nitro groups is 1. The van der Waals surface area contributed by atoms with E-state index in [1.807, 2.05) is 6.08 Å². The van der Waals surface area contributed by atoms with Crippen molar-refractivity contribution >= 4 is 63.9 Å². The number of hydrazine groups is 1. The standard InChI is InChI=1S/C40H32Cl2N4O9/c1-54-24-12-9-20(10-13-24)40-29(37(49)45(39(40)51)43-31-16-11-21(41)17-30(31)42)19-28-25(34(40)27-7-4-8-32(55-2)35(27)47)14-15-26-33(28)38(50)44(36(26)48)22-5-3-6-23(18-22)46(52)53/h3-14,16-18,26,28-29,33-34,43,47H,15,19H2,1-2H3. The number of non-ortho nitro benzene ring substituents is 1. The lowest BCUT2D eigenvalue weighted by atomic mass is 9.49. The third-order valence-electron chi connectivity index (χ3n) is 11.4. The van der Waals surface area contributed by atoms with Gasteiger partial charge < -0.3 is 14.6 Å². The highest BCUT2D eigenvalue weighted by molar-refractivity contribution is 6.36. The van der Waals surface area contributed by atoms with Crippen molar-refractivity contribution in [3.8, 4) is 17.2 Å². The van der Waals surface area contributed by atoms with Crippen LogP contribution in [-0.4, -0.2) is 52.9 Å². The molecule has 0 bridgehead atoms. The Balaban J connectivity index is 1.34. The highest BCUT2D eigenvalue weighted by atomic mass is 35.5. The molecule has 2 N–H and O–H groups in total. The van der Waals surface area contributed by atoms with E-state index in [-0.39, 0.29) is 52.0 Å². The van der Waals surface area contributed by atoms with E-state index in [9.17, 15) is 29.6 Å². The maximum Gasteiger partial charge on any atom is 0.271 e. The lowest BCUT2D eigenvalue weighted by molar-refractivity contribution is -0.384. The van der Waals surface area contributed by atoms with Crippen molar-refractivity contribution in [1.82, 2.24) is 5.01 Å². The van der Waals surface area contributed by atoms with Crippen LogP contribution in [0.3, 0.4) is 0 Å². The van der Waals surface area contributed by atoms with E-state index in [1.165, 1.54) is 50.6 Å². The number of allylic oxidation sites excluding steroid dienone is 2. The molecule has 0 spiro atoms. The summed E-state index contributed by atoms with van der Waals surface area (Å²) in [5.74, 6) is -6.77. The first-order valence-electron chi connectivity index (χ1n) is 17.3. The van der Waals surface area contributed by atoms with Gasteiger partial charge in [0.05, 0.1) is 58.7 Å². The van der Waals surface area contributed by atoms with Gasteiger partial charge in [-0.25, -0.2) is 4.90 Å². The van der Waals surface area contributed by atoms with Gasteiger partial charge in [0.15, 0.2) is 11.5 Å². The number of phenols is 1. The van der Waals surface area contributed by atoms with E-state index in [0.29, 0.717) is 21.9 Å². The van der Waals surface area contributed by atoms with Crippen LogP contribution in [0.4, 0.5) is 17.1 Å². The Hall–Kier alpha value is -5.92. The molecule has 4 aromatic rings. The highest BCUT2D eigenvalue weighted by Gasteiger charge is 2.70. The van der Waals surface area contributed by atoms with E-state index < -0.39 is 63.6 Å². The number of halogens is 2. The highest BCUT2D eigenvalue weighted by Crippen LogP contribution is 2.65. The molecule has 6 atom stereocenters. The van der Waals surface area contributed by atoms with E-state index >= 15 is 4.79 Å². The summed E-state index contributed by atoms with van der Waals surface area (Å²) < 4.78 is 11.0. The molecule has 2 aliphatic carbocycles. The monoisotopic (exact) mass is 782 g/mol. The van der Waals surface area contributed by atoms with Gasteiger partial charge in [0, 0.05) is 28.6 Å². The first-order valence-corrected chi connectivity index (χ1v) is 18.1. The largest absolute Gasteiger partial charge is 0.504 e. The van der Waals surface area contributed by atoms with Gasteiger partial charge in [-0.15, -0.1) is 0 Å². The van der Waals surface area contributed by atoms with Gasteiger partial charge in [-0.1, -0.05) is 65.2 Å². The van der Waals surface area contributed by atoms with Crippen molar-refractivity contribution in [2.45, 2.75) is 24.2 Å². The molecule has 13 nitrogen and oxygen atoms in total. The maximum absolute atomic E-state index is 15.4. The molecule has 8 rings (SSSR count). The first kappa shape index (κ1) is 36.1. The minimum atomic E-state index is -1.71. The zero-order chi connectivity index (χ0) is 38.9. The van der Waals surface area contributed by atoms with Crippen molar-refractivity contribution in [1.29, 1.82) is 0 Å². The number of benzene rings is 4. The number of carbonyl (C=O) groups is 4. The third-order valence-corrected chi connectivity index (χ3v) is 12.0. The number of nitrogens with one attached hydrogen (secondary N) is 1. The van der Waals surface area contributed by atoms with Crippen LogP contribution in [0.5, 0.6) is 17.2 Å². The summed E-state index contributed by atoms with van der Waals surface area (Å²) >= 11 is 12.7. The molecule has 2 saturated heterocycles. The van der Waals surface area contributed by atoms with Crippen molar-refractivity contribution in [3.05, 3.63) is 128 Å². The predicted molar refractivity (Wildman–Crippen MR) is 201 cm³/mol. The smallest absolute Gasteiger partial charge is 0.271 e. The number of hydrogen-bond acceptors (Lipinski definition) is 10. The number of nitrogens with zero attached hydrogens (tertiary/aromatic N) is 3. The van der Waals surface area contributed by atoms with E-state index in [1.54, 1.807) is 48.5 Å². The summed E-state index contributed by atoms with van der Waals surface area (Å²) in [5.41, 5.74) is 2.54. The molecule has 3 fully saturated rings. The number of para-hydroxylation sites is 1. The van der Waals surface area contributed by atoms with Crippen LogP contribution in [0.25, 0.3) is 0 Å². The van der Waals surface area contributed by atoms with Crippen LogP contribution in [-0.2, 0) is 24.6 Å². The lowest BCUT2D eigenvalue weighted by Gasteiger charge is -2.50. The number of imide groups is 2. The molecule has 0 radical (unpaired) electrons. The number of fused-ring (bicyclic) bond motifs is 4. The number of ether oxygens (including phenoxy) is 2. The molecule has 55 heavy (non-hydrogen) atoms. The Morgan fingerprint density at radius 1 is 0.891 bits per heavy atom.